The summed E-state index contributed by atoms with van der Waals surface area (Å²) in [6.45, 7) is 3.32. The van der Waals surface area contributed by atoms with Crippen molar-refractivity contribution in [3.63, 3.8) is 0 Å². The quantitative estimate of drug-likeness (QED) is 0.629. The number of ether oxygens (including phenoxy) is 1. The molecule has 19 heavy (non-hydrogen) atoms. The molecule has 0 atom stereocenters. The van der Waals surface area contributed by atoms with Gasteiger partial charge in [0.05, 0.1) is 7.11 Å². The number of halogens is 1. The Morgan fingerprint density at radius 2 is 1.84 bits per heavy atom. The molecule has 0 saturated heterocycles. The van der Waals surface area contributed by atoms with Crippen LogP contribution in [0.3, 0.4) is 0 Å². The van der Waals surface area contributed by atoms with Crippen LogP contribution in [0.5, 0.6) is 5.75 Å². The average Bonchev–Trinajstić information content (AvgIpc) is 2.33. The van der Waals surface area contributed by atoms with Gasteiger partial charge in [-0.25, -0.2) is 13.2 Å². The van der Waals surface area contributed by atoms with Crippen molar-refractivity contribution in [3.05, 3.63) is 33.7 Å². The van der Waals surface area contributed by atoms with Gasteiger partial charge < -0.3 is 9.15 Å². The van der Waals surface area contributed by atoms with Crippen molar-refractivity contribution >= 4 is 30.7 Å². The van der Waals surface area contributed by atoms with Crippen molar-refractivity contribution < 1.29 is 17.6 Å². The van der Waals surface area contributed by atoms with Crippen LogP contribution in [0.15, 0.2) is 26.2 Å². The van der Waals surface area contributed by atoms with Gasteiger partial charge in [0.25, 0.3) is 9.05 Å². The molecule has 2 aromatic rings. The molecule has 0 amide bonds. The number of benzene rings is 1. The maximum absolute atomic E-state index is 11.6. The molecule has 0 N–H and O–H groups in total. The SMILES string of the molecule is COc1cc2oc(=O)c(C)c(C)c2cc1S(=O)(=O)Cl. The first kappa shape index (κ1) is 13.9. The van der Waals surface area contributed by atoms with Crippen LogP contribution in [0.25, 0.3) is 11.0 Å². The molecule has 1 aromatic carbocycles. The van der Waals surface area contributed by atoms with Crippen molar-refractivity contribution in [2.75, 3.05) is 7.11 Å². The number of fused-ring (bicyclic) bond motifs is 1. The van der Waals surface area contributed by atoms with Crippen molar-refractivity contribution in [3.8, 4) is 5.75 Å². The summed E-state index contributed by atoms with van der Waals surface area (Å²) in [5, 5.41) is 0.511. The average molecular weight is 303 g/mol. The molecule has 0 aliphatic carbocycles. The highest BCUT2D eigenvalue weighted by Crippen LogP contribution is 2.32. The minimum absolute atomic E-state index is 0.0360. The van der Waals surface area contributed by atoms with E-state index in [1.165, 1.54) is 19.2 Å². The number of methoxy groups -OCH3 is 1. The fourth-order valence-electron chi connectivity index (χ4n) is 1.80. The molecule has 0 bridgehead atoms. The van der Waals surface area contributed by atoms with Crippen LogP contribution in [-0.2, 0) is 9.05 Å². The summed E-state index contributed by atoms with van der Waals surface area (Å²) in [6.07, 6.45) is 0. The minimum Gasteiger partial charge on any atom is -0.495 e. The standard InChI is InChI=1S/C12H11ClO5S/c1-6-7(2)12(14)18-9-5-10(17-3)11(4-8(6)9)19(13,15)16/h4-5H,1-3H3. The minimum atomic E-state index is -3.95. The van der Waals surface area contributed by atoms with E-state index in [4.69, 9.17) is 19.8 Å². The predicted molar refractivity (Wildman–Crippen MR) is 71.5 cm³/mol. The first-order valence-corrected chi connectivity index (χ1v) is 7.63. The summed E-state index contributed by atoms with van der Waals surface area (Å²) < 4.78 is 33.1. The van der Waals surface area contributed by atoms with Crippen LogP contribution < -0.4 is 10.4 Å². The molecule has 0 spiro atoms. The monoisotopic (exact) mass is 302 g/mol. The van der Waals surface area contributed by atoms with Crippen LogP contribution in [0.1, 0.15) is 11.1 Å². The van der Waals surface area contributed by atoms with Crippen molar-refractivity contribution in [1.82, 2.24) is 0 Å². The molecule has 0 aliphatic heterocycles. The zero-order valence-corrected chi connectivity index (χ0v) is 12.1. The molecule has 0 saturated carbocycles. The van der Waals surface area contributed by atoms with Crippen molar-refractivity contribution in [2.24, 2.45) is 0 Å². The topological polar surface area (TPSA) is 73.6 Å². The molecular formula is C12H11ClO5S. The molecule has 0 unspecified atom stereocenters. The van der Waals surface area contributed by atoms with E-state index in [-0.39, 0.29) is 16.2 Å². The lowest BCUT2D eigenvalue weighted by Crippen LogP contribution is -2.06. The van der Waals surface area contributed by atoms with Gasteiger partial charge in [0.15, 0.2) is 0 Å². The molecule has 5 nitrogen and oxygen atoms in total. The Morgan fingerprint density at radius 1 is 1.21 bits per heavy atom. The second kappa shape index (κ2) is 4.54. The summed E-state index contributed by atoms with van der Waals surface area (Å²) in [7, 11) is 2.73. The molecule has 0 aliphatic rings. The van der Waals surface area contributed by atoms with Crippen LogP contribution >= 0.6 is 10.7 Å². The number of aryl methyl sites for hydroxylation is 1. The highest BCUT2D eigenvalue weighted by atomic mass is 35.7. The second-order valence-corrected chi connectivity index (χ2v) is 6.61. The summed E-state index contributed by atoms with van der Waals surface area (Å²) in [5.41, 5.74) is 0.869. The van der Waals surface area contributed by atoms with Gasteiger partial charge in [-0.05, 0) is 25.5 Å². The van der Waals surface area contributed by atoms with E-state index in [1.54, 1.807) is 13.8 Å². The van der Waals surface area contributed by atoms with Crippen molar-refractivity contribution in [1.29, 1.82) is 0 Å². The van der Waals surface area contributed by atoms with E-state index in [0.717, 1.165) is 0 Å². The van der Waals surface area contributed by atoms with Gasteiger partial charge in [0.2, 0.25) is 0 Å². The van der Waals surface area contributed by atoms with E-state index in [1.807, 2.05) is 0 Å². The van der Waals surface area contributed by atoms with Crippen molar-refractivity contribution in [2.45, 2.75) is 18.7 Å². The van der Waals surface area contributed by atoms with Gasteiger partial charge in [-0.3, -0.25) is 0 Å². The van der Waals surface area contributed by atoms with Gasteiger partial charge in [-0.15, -0.1) is 0 Å². The van der Waals surface area contributed by atoms with Crippen LogP contribution in [0.4, 0.5) is 0 Å². The van der Waals surface area contributed by atoms with E-state index in [9.17, 15) is 13.2 Å². The first-order valence-electron chi connectivity index (χ1n) is 5.32. The van der Waals surface area contributed by atoms with Gasteiger partial charge in [-0.2, -0.15) is 0 Å². The summed E-state index contributed by atoms with van der Waals surface area (Å²) >= 11 is 0. The molecule has 2 rings (SSSR count). The Labute approximate surface area is 114 Å². The Hall–Kier alpha value is -1.53. The number of hydrogen-bond donors (Lipinski definition) is 0. The highest BCUT2D eigenvalue weighted by molar-refractivity contribution is 8.13. The first-order chi connectivity index (χ1) is 8.75. The Bertz CT molecular complexity index is 820. The number of rotatable bonds is 2. The third kappa shape index (κ3) is 2.33. The smallest absolute Gasteiger partial charge is 0.339 e. The molecule has 7 heteroatoms. The zero-order chi connectivity index (χ0) is 14.4. The third-order valence-electron chi connectivity index (χ3n) is 3.00. The summed E-state index contributed by atoms with van der Waals surface area (Å²) in [6, 6.07) is 2.69. The molecule has 1 aromatic heterocycles. The fourth-order valence-corrected chi connectivity index (χ4v) is 2.80. The predicted octanol–water partition coefficient (Wildman–Crippen LogP) is 2.35. The summed E-state index contributed by atoms with van der Waals surface area (Å²) in [5.74, 6) is 0.0360. The van der Waals surface area contributed by atoms with Crippen LogP contribution in [0, 0.1) is 13.8 Å². The highest BCUT2D eigenvalue weighted by Gasteiger charge is 2.20. The normalized spacial score (nSPS) is 11.8. The molecule has 0 fully saturated rings. The largest absolute Gasteiger partial charge is 0.495 e. The molecule has 0 radical (unpaired) electrons. The second-order valence-electron chi connectivity index (χ2n) is 4.08. The molecular weight excluding hydrogens is 292 g/mol. The van der Waals surface area contributed by atoms with E-state index in [2.05, 4.69) is 0 Å². The summed E-state index contributed by atoms with van der Waals surface area (Å²) in [4.78, 5) is 11.4. The lowest BCUT2D eigenvalue weighted by Gasteiger charge is -2.09. The van der Waals surface area contributed by atoms with Crippen LogP contribution in [0.2, 0.25) is 0 Å². The van der Waals surface area contributed by atoms with E-state index < -0.39 is 14.7 Å². The lowest BCUT2D eigenvalue weighted by atomic mass is 10.1. The van der Waals surface area contributed by atoms with Gasteiger partial charge >= 0.3 is 5.63 Å². The van der Waals surface area contributed by atoms with Crippen LogP contribution in [-0.4, -0.2) is 15.5 Å². The molecule has 1 heterocycles. The number of hydrogen-bond acceptors (Lipinski definition) is 5. The van der Waals surface area contributed by atoms with E-state index in [0.29, 0.717) is 16.5 Å². The molecule has 102 valence electrons. The Balaban J connectivity index is 2.99. The van der Waals surface area contributed by atoms with Gasteiger partial charge in [0.1, 0.15) is 16.2 Å². The Morgan fingerprint density at radius 3 is 2.37 bits per heavy atom. The third-order valence-corrected chi connectivity index (χ3v) is 4.35. The lowest BCUT2D eigenvalue weighted by molar-refractivity contribution is 0.402. The Kier molecular flexibility index (Phi) is 3.32. The fraction of sp³-hybridized carbons (Fsp3) is 0.250. The maximum Gasteiger partial charge on any atom is 0.339 e. The van der Waals surface area contributed by atoms with Gasteiger partial charge in [0, 0.05) is 27.7 Å². The maximum atomic E-state index is 11.6. The zero-order valence-electron chi connectivity index (χ0n) is 10.5. The van der Waals surface area contributed by atoms with Gasteiger partial charge in [-0.1, -0.05) is 0 Å². The van der Waals surface area contributed by atoms with E-state index >= 15 is 0 Å².